The van der Waals surface area contributed by atoms with Crippen molar-refractivity contribution in [1.29, 1.82) is 0 Å². The molecule has 0 aliphatic carbocycles. The van der Waals surface area contributed by atoms with Gasteiger partial charge in [0.1, 0.15) is 5.69 Å². The van der Waals surface area contributed by atoms with Gasteiger partial charge in [-0.1, -0.05) is 0 Å². The van der Waals surface area contributed by atoms with Crippen LogP contribution in [0.25, 0.3) is 11.5 Å². The lowest BCUT2D eigenvalue weighted by molar-refractivity contribution is 0.0692. The van der Waals surface area contributed by atoms with E-state index < -0.39 is 0 Å². The molecule has 1 amide bonds. The quantitative estimate of drug-likeness (QED) is 0.908. The van der Waals surface area contributed by atoms with Gasteiger partial charge in [0, 0.05) is 25.2 Å². The van der Waals surface area contributed by atoms with E-state index in [0.717, 1.165) is 31.6 Å². The number of piperidine rings is 1. The first-order valence-electron chi connectivity index (χ1n) is 6.84. The van der Waals surface area contributed by atoms with Crippen LogP contribution in [0.3, 0.4) is 0 Å². The highest BCUT2D eigenvalue weighted by atomic mass is 35.5. The minimum Gasteiger partial charge on any atom is -0.463 e. The molecule has 3 heterocycles. The third-order valence-electron chi connectivity index (χ3n) is 3.70. The minimum atomic E-state index is -0.0287. The summed E-state index contributed by atoms with van der Waals surface area (Å²) in [5.74, 6) is 0.655. The maximum Gasteiger partial charge on any atom is 0.274 e. The molecule has 1 saturated heterocycles. The second-order valence-electron chi connectivity index (χ2n) is 5.02. The van der Waals surface area contributed by atoms with Crippen molar-refractivity contribution < 1.29 is 9.21 Å². The molecule has 2 aromatic heterocycles. The zero-order valence-corrected chi connectivity index (χ0v) is 12.7. The summed E-state index contributed by atoms with van der Waals surface area (Å²) in [6.07, 6.45) is 3.73. The summed E-state index contributed by atoms with van der Waals surface area (Å²) in [5, 5.41) is 10.2. The van der Waals surface area contributed by atoms with Crippen molar-refractivity contribution in [3.8, 4) is 11.5 Å². The highest BCUT2D eigenvalue weighted by molar-refractivity contribution is 5.93. The van der Waals surface area contributed by atoms with Crippen molar-refractivity contribution >= 4 is 18.3 Å². The number of likely N-dealkylation sites (N-methyl/N-ethyl adjacent to an activating group) is 1. The predicted octanol–water partition coefficient (Wildman–Crippen LogP) is 1.92. The molecule has 1 aliphatic rings. The zero-order valence-electron chi connectivity index (χ0n) is 11.8. The average molecular weight is 311 g/mol. The van der Waals surface area contributed by atoms with E-state index in [1.165, 1.54) is 0 Å². The third kappa shape index (κ3) is 3.28. The van der Waals surface area contributed by atoms with E-state index in [0.29, 0.717) is 17.5 Å². The van der Waals surface area contributed by atoms with Gasteiger partial charge in [0.15, 0.2) is 11.5 Å². The van der Waals surface area contributed by atoms with E-state index in [4.69, 9.17) is 4.42 Å². The van der Waals surface area contributed by atoms with Crippen molar-refractivity contribution in [2.24, 2.45) is 0 Å². The van der Waals surface area contributed by atoms with Crippen LogP contribution in [0, 0.1) is 0 Å². The molecule has 2 aromatic rings. The van der Waals surface area contributed by atoms with Gasteiger partial charge >= 0.3 is 0 Å². The molecular weight excluding hydrogens is 292 g/mol. The molecular formula is C14H19ClN4O2. The van der Waals surface area contributed by atoms with Crippen molar-refractivity contribution in [2.75, 3.05) is 20.1 Å². The number of hydrogen-bond acceptors (Lipinski definition) is 4. The number of carbonyl (C=O) groups excluding carboxylic acids is 1. The monoisotopic (exact) mass is 310 g/mol. The Morgan fingerprint density at radius 1 is 1.57 bits per heavy atom. The Labute approximate surface area is 129 Å². The number of nitrogens with one attached hydrogen (secondary N) is 2. The zero-order chi connectivity index (χ0) is 13.9. The van der Waals surface area contributed by atoms with Crippen LogP contribution >= 0.6 is 12.4 Å². The molecule has 21 heavy (non-hydrogen) atoms. The van der Waals surface area contributed by atoms with Crippen molar-refractivity contribution in [2.45, 2.75) is 18.9 Å². The van der Waals surface area contributed by atoms with Crippen molar-refractivity contribution in [3.05, 3.63) is 30.2 Å². The van der Waals surface area contributed by atoms with Crippen LogP contribution in [0.15, 0.2) is 28.9 Å². The van der Waals surface area contributed by atoms with E-state index in [9.17, 15) is 4.79 Å². The number of carbonyl (C=O) groups is 1. The normalized spacial score (nSPS) is 18.3. The fraction of sp³-hybridized carbons (Fsp3) is 0.429. The number of hydrogen-bond donors (Lipinski definition) is 2. The molecule has 1 aliphatic heterocycles. The number of H-pyrrole nitrogens is 1. The van der Waals surface area contributed by atoms with E-state index >= 15 is 0 Å². The Morgan fingerprint density at radius 3 is 3.14 bits per heavy atom. The van der Waals surface area contributed by atoms with Gasteiger partial charge in [0.2, 0.25) is 0 Å². The first-order chi connectivity index (χ1) is 9.78. The van der Waals surface area contributed by atoms with Gasteiger partial charge in [0.05, 0.1) is 6.26 Å². The second kappa shape index (κ2) is 6.78. The SMILES string of the molecule is CNC1CCCN(C(=O)c2cc(-c3ccco3)[nH]n2)C1.Cl. The average Bonchev–Trinajstić information content (AvgIpc) is 3.17. The van der Waals surface area contributed by atoms with Gasteiger partial charge in [-0.15, -0.1) is 12.4 Å². The van der Waals surface area contributed by atoms with E-state index in [1.807, 2.05) is 18.0 Å². The smallest absolute Gasteiger partial charge is 0.274 e. The van der Waals surface area contributed by atoms with Crippen LogP contribution in [0.4, 0.5) is 0 Å². The fourth-order valence-corrected chi connectivity index (χ4v) is 2.55. The molecule has 7 heteroatoms. The number of amides is 1. The summed E-state index contributed by atoms with van der Waals surface area (Å²) in [6, 6.07) is 5.75. The molecule has 0 aromatic carbocycles. The number of aromatic amines is 1. The Morgan fingerprint density at radius 2 is 2.43 bits per heavy atom. The van der Waals surface area contributed by atoms with Gasteiger partial charge < -0.3 is 14.6 Å². The second-order valence-corrected chi connectivity index (χ2v) is 5.02. The van der Waals surface area contributed by atoms with Crippen molar-refractivity contribution in [3.63, 3.8) is 0 Å². The standard InChI is InChI=1S/C14H18N4O2.ClH/c1-15-10-4-2-6-18(9-10)14(19)12-8-11(16-17-12)13-5-3-7-20-13;/h3,5,7-8,10,15H,2,4,6,9H2,1H3,(H,16,17);1H. The lowest BCUT2D eigenvalue weighted by atomic mass is 10.1. The lowest BCUT2D eigenvalue weighted by Gasteiger charge is -2.32. The highest BCUT2D eigenvalue weighted by Crippen LogP contribution is 2.19. The van der Waals surface area contributed by atoms with E-state index in [1.54, 1.807) is 18.4 Å². The van der Waals surface area contributed by atoms with Gasteiger partial charge in [-0.2, -0.15) is 5.10 Å². The van der Waals surface area contributed by atoms with E-state index in [2.05, 4.69) is 15.5 Å². The molecule has 2 N–H and O–H groups in total. The molecule has 1 atom stereocenters. The molecule has 0 saturated carbocycles. The Kier molecular flexibility index (Phi) is 5.03. The Bertz CT molecular complexity index is 582. The third-order valence-corrected chi connectivity index (χ3v) is 3.70. The summed E-state index contributed by atoms with van der Waals surface area (Å²) >= 11 is 0. The van der Waals surface area contributed by atoms with Gasteiger partial charge in [-0.3, -0.25) is 9.89 Å². The maximum atomic E-state index is 12.4. The first-order valence-corrected chi connectivity index (χ1v) is 6.84. The van der Waals surface area contributed by atoms with Crippen LogP contribution in [0.5, 0.6) is 0 Å². The predicted molar refractivity (Wildman–Crippen MR) is 81.5 cm³/mol. The number of nitrogens with zero attached hydrogens (tertiary/aromatic N) is 2. The van der Waals surface area contributed by atoms with Crippen LogP contribution in [0.2, 0.25) is 0 Å². The number of halogens is 1. The van der Waals surface area contributed by atoms with E-state index in [-0.39, 0.29) is 18.3 Å². The fourth-order valence-electron chi connectivity index (χ4n) is 2.55. The molecule has 3 rings (SSSR count). The summed E-state index contributed by atoms with van der Waals surface area (Å²) in [5.41, 5.74) is 1.16. The summed E-state index contributed by atoms with van der Waals surface area (Å²) < 4.78 is 5.29. The summed E-state index contributed by atoms with van der Waals surface area (Å²) in [7, 11) is 1.93. The number of rotatable bonds is 3. The molecule has 114 valence electrons. The number of furan rings is 1. The molecule has 1 fully saturated rings. The number of likely N-dealkylation sites (tertiary alicyclic amines) is 1. The van der Waals surface area contributed by atoms with Gasteiger partial charge in [-0.25, -0.2) is 0 Å². The minimum absolute atomic E-state index is 0. The van der Waals surface area contributed by atoms with Crippen LogP contribution in [-0.4, -0.2) is 47.2 Å². The molecule has 0 radical (unpaired) electrons. The maximum absolute atomic E-state index is 12.4. The highest BCUT2D eigenvalue weighted by Gasteiger charge is 2.25. The topological polar surface area (TPSA) is 74.2 Å². The summed E-state index contributed by atoms with van der Waals surface area (Å²) in [6.45, 7) is 1.53. The van der Waals surface area contributed by atoms with Crippen LogP contribution in [-0.2, 0) is 0 Å². The largest absolute Gasteiger partial charge is 0.463 e. The number of aromatic nitrogens is 2. The molecule has 1 unspecified atom stereocenters. The lowest BCUT2D eigenvalue weighted by Crippen LogP contribution is -2.47. The Balaban J connectivity index is 0.00000161. The van der Waals surface area contributed by atoms with Gasteiger partial charge in [-0.05, 0) is 32.0 Å². The van der Waals surface area contributed by atoms with Crippen LogP contribution < -0.4 is 5.32 Å². The molecule has 0 bridgehead atoms. The Hall–Kier alpha value is -1.79. The summed E-state index contributed by atoms with van der Waals surface area (Å²) in [4.78, 5) is 14.3. The molecule has 0 spiro atoms. The molecule has 6 nitrogen and oxygen atoms in total. The van der Waals surface area contributed by atoms with Gasteiger partial charge in [0.25, 0.3) is 5.91 Å². The van der Waals surface area contributed by atoms with Crippen molar-refractivity contribution in [1.82, 2.24) is 20.4 Å². The van der Waals surface area contributed by atoms with Crippen LogP contribution in [0.1, 0.15) is 23.3 Å². The first kappa shape index (κ1) is 15.6.